The van der Waals surface area contributed by atoms with Crippen LogP contribution in [-0.2, 0) is 13.2 Å². The molecule has 0 unspecified atom stereocenters. The molecular weight excluding hydrogens is 236 g/mol. The Hall–Kier alpha value is -1.58. The van der Waals surface area contributed by atoms with Gasteiger partial charge in [0.05, 0.1) is 11.6 Å². The number of aliphatic hydroxyl groups excluding tert-OH is 1. The first-order valence-electron chi connectivity index (χ1n) is 5.32. The summed E-state index contributed by atoms with van der Waals surface area (Å²) in [5.41, 5.74) is 2.05. The van der Waals surface area contributed by atoms with Crippen molar-refractivity contribution in [2.75, 3.05) is 5.32 Å². The van der Waals surface area contributed by atoms with Gasteiger partial charge >= 0.3 is 0 Å². The molecular formula is C13H13ClN2O. The maximum Gasteiger partial charge on any atom is 0.126 e. The molecule has 1 aromatic carbocycles. The van der Waals surface area contributed by atoms with Gasteiger partial charge in [-0.2, -0.15) is 0 Å². The predicted molar refractivity (Wildman–Crippen MR) is 68.9 cm³/mol. The molecule has 0 aliphatic rings. The zero-order valence-electron chi connectivity index (χ0n) is 9.23. The molecule has 1 heterocycles. The maximum atomic E-state index is 8.92. The molecule has 0 aliphatic heterocycles. The van der Waals surface area contributed by atoms with E-state index < -0.39 is 0 Å². The van der Waals surface area contributed by atoms with Crippen LogP contribution in [0.3, 0.4) is 0 Å². The van der Waals surface area contributed by atoms with Crippen LogP contribution in [0.25, 0.3) is 0 Å². The van der Waals surface area contributed by atoms with E-state index in [2.05, 4.69) is 10.3 Å². The number of aliphatic hydroxyl groups is 1. The lowest BCUT2D eigenvalue weighted by atomic mass is 10.1. The van der Waals surface area contributed by atoms with Crippen LogP contribution >= 0.6 is 11.6 Å². The summed E-state index contributed by atoms with van der Waals surface area (Å²) in [4.78, 5) is 4.14. The first kappa shape index (κ1) is 11.9. The number of aromatic nitrogens is 1. The second-order valence-corrected chi connectivity index (χ2v) is 4.13. The SMILES string of the molecule is OCc1ccc(CNc2ccc(Cl)cn2)cc1. The Kier molecular flexibility index (Phi) is 3.96. The fraction of sp³-hybridized carbons (Fsp3) is 0.154. The van der Waals surface area contributed by atoms with E-state index in [9.17, 15) is 0 Å². The molecule has 2 rings (SSSR count). The first-order chi connectivity index (χ1) is 8.28. The minimum atomic E-state index is 0.0758. The highest BCUT2D eigenvalue weighted by atomic mass is 35.5. The summed E-state index contributed by atoms with van der Waals surface area (Å²) < 4.78 is 0. The summed E-state index contributed by atoms with van der Waals surface area (Å²) in [6, 6.07) is 11.4. The van der Waals surface area contributed by atoms with Gasteiger partial charge in [-0.05, 0) is 23.3 Å². The monoisotopic (exact) mass is 248 g/mol. The maximum absolute atomic E-state index is 8.92. The van der Waals surface area contributed by atoms with E-state index in [4.69, 9.17) is 16.7 Å². The fourth-order valence-electron chi connectivity index (χ4n) is 1.44. The molecule has 2 aromatic rings. The van der Waals surface area contributed by atoms with Crippen molar-refractivity contribution in [1.82, 2.24) is 4.98 Å². The van der Waals surface area contributed by atoms with E-state index in [1.54, 1.807) is 12.3 Å². The average Bonchev–Trinajstić information content (AvgIpc) is 2.39. The van der Waals surface area contributed by atoms with Crippen molar-refractivity contribution >= 4 is 17.4 Å². The number of rotatable bonds is 4. The van der Waals surface area contributed by atoms with Crippen LogP contribution < -0.4 is 5.32 Å². The van der Waals surface area contributed by atoms with E-state index in [1.165, 1.54) is 0 Å². The van der Waals surface area contributed by atoms with Crippen LogP contribution in [0.5, 0.6) is 0 Å². The molecule has 0 amide bonds. The van der Waals surface area contributed by atoms with Gasteiger partial charge in [0.25, 0.3) is 0 Å². The van der Waals surface area contributed by atoms with Crippen LogP contribution in [0.1, 0.15) is 11.1 Å². The number of hydrogen-bond donors (Lipinski definition) is 2. The van der Waals surface area contributed by atoms with E-state index in [1.807, 2.05) is 30.3 Å². The minimum Gasteiger partial charge on any atom is -0.392 e. The van der Waals surface area contributed by atoms with Crippen molar-refractivity contribution in [1.29, 1.82) is 0 Å². The van der Waals surface area contributed by atoms with Crippen molar-refractivity contribution in [3.8, 4) is 0 Å². The van der Waals surface area contributed by atoms with Crippen molar-refractivity contribution < 1.29 is 5.11 Å². The molecule has 0 fully saturated rings. The number of hydrogen-bond acceptors (Lipinski definition) is 3. The molecule has 88 valence electrons. The Morgan fingerprint density at radius 1 is 1.06 bits per heavy atom. The molecule has 3 nitrogen and oxygen atoms in total. The standard InChI is InChI=1S/C13H13ClN2O/c14-12-5-6-13(16-8-12)15-7-10-1-3-11(9-17)4-2-10/h1-6,8,17H,7,9H2,(H,15,16). The summed E-state index contributed by atoms with van der Waals surface area (Å²) in [7, 11) is 0. The van der Waals surface area contributed by atoms with Gasteiger partial charge < -0.3 is 10.4 Å². The lowest BCUT2D eigenvalue weighted by Crippen LogP contribution is -2.01. The molecule has 0 saturated heterocycles. The number of halogens is 1. The highest BCUT2D eigenvalue weighted by Gasteiger charge is 1.96. The smallest absolute Gasteiger partial charge is 0.126 e. The highest BCUT2D eigenvalue weighted by Crippen LogP contribution is 2.11. The topological polar surface area (TPSA) is 45.1 Å². The molecule has 0 radical (unpaired) electrons. The summed E-state index contributed by atoms with van der Waals surface area (Å²) >= 11 is 5.75. The number of pyridine rings is 1. The second-order valence-electron chi connectivity index (χ2n) is 3.69. The Morgan fingerprint density at radius 2 is 1.76 bits per heavy atom. The highest BCUT2D eigenvalue weighted by molar-refractivity contribution is 6.30. The molecule has 1 aromatic heterocycles. The predicted octanol–water partition coefficient (Wildman–Crippen LogP) is 2.84. The zero-order chi connectivity index (χ0) is 12.1. The number of benzene rings is 1. The fourth-order valence-corrected chi connectivity index (χ4v) is 1.55. The summed E-state index contributed by atoms with van der Waals surface area (Å²) in [5, 5.41) is 12.7. The third kappa shape index (κ3) is 3.44. The van der Waals surface area contributed by atoms with Crippen LogP contribution in [0.4, 0.5) is 5.82 Å². The second kappa shape index (κ2) is 5.66. The molecule has 4 heteroatoms. The average molecular weight is 249 g/mol. The quantitative estimate of drug-likeness (QED) is 0.875. The van der Waals surface area contributed by atoms with E-state index in [0.29, 0.717) is 11.6 Å². The molecule has 0 aliphatic carbocycles. The Morgan fingerprint density at radius 3 is 2.35 bits per heavy atom. The summed E-state index contributed by atoms with van der Waals surface area (Å²) in [6.45, 7) is 0.771. The van der Waals surface area contributed by atoms with Crippen LogP contribution in [0.2, 0.25) is 5.02 Å². The number of nitrogens with one attached hydrogen (secondary N) is 1. The summed E-state index contributed by atoms with van der Waals surface area (Å²) in [6.07, 6.45) is 1.61. The van der Waals surface area contributed by atoms with Crippen molar-refractivity contribution in [2.45, 2.75) is 13.2 Å². The molecule has 0 saturated carbocycles. The van der Waals surface area contributed by atoms with Crippen LogP contribution in [0.15, 0.2) is 42.6 Å². The molecule has 17 heavy (non-hydrogen) atoms. The largest absolute Gasteiger partial charge is 0.392 e. The van der Waals surface area contributed by atoms with Gasteiger partial charge in [-0.25, -0.2) is 4.98 Å². The molecule has 0 atom stereocenters. The lowest BCUT2D eigenvalue weighted by Gasteiger charge is -2.06. The van der Waals surface area contributed by atoms with Gasteiger partial charge in [-0.15, -0.1) is 0 Å². The molecule has 0 bridgehead atoms. The van der Waals surface area contributed by atoms with Crippen molar-refractivity contribution in [2.24, 2.45) is 0 Å². The molecule has 2 N–H and O–H groups in total. The van der Waals surface area contributed by atoms with Gasteiger partial charge in [0.2, 0.25) is 0 Å². The number of nitrogens with zero attached hydrogens (tertiary/aromatic N) is 1. The van der Waals surface area contributed by atoms with Gasteiger partial charge in [-0.1, -0.05) is 35.9 Å². The minimum absolute atomic E-state index is 0.0758. The van der Waals surface area contributed by atoms with Gasteiger partial charge in [0.15, 0.2) is 0 Å². The Labute approximate surface area is 105 Å². The Balaban J connectivity index is 1.95. The molecule has 0 spiro atoms. The van der Waals surface area contributed by atoms with E-state index >= 15 is 0 Å². The van der Waals surface area contributed by atoms with E-state index in [0.717, 1.165) is 16.9 Å². The zero-order valence-corrected chi connectivity index (χ0v) is 9.98. The lowest BCUT2D eigenvalue weighted by molar-refractivity contribution is 0.282. The van der Waals surface area contributed by atoms with Crippen LogP contribution in [-0.4, -0.2) is 10.1 Å². The summed E-state index contributed by atoms with van der Waals surface area (Å²) in [5.74, 6) is 0.792. The Bertz CT molecular complexity index is 468. The van der Waals surface area contributed by atoms with E-state index in [-0.39, 0.29) is 6.61 Å². The van der Waals surface area contributed by atoms with Crippen LogP contribution in [0, 0.1) is 0 Å². The normalized spacial score (nSPS) is 10.2. The van der Waals surface area contributed by atoms with Crippen molar-refractivity contribution in [3.63, 3.8) is 0 Å². The third-order valence-electron chi connectivity index (χ3n) is 2.41. The van der Waals surface area contributed by atoms with Gasteiger partial charge in [-0.3, -0.25) is 0 Å². The van der Waals surface area contributed by atoms with Crippen molar-refractivity contribution in [3.05, 3.63) is 58.7 Å². The van der Waals surface area contributed by atoms with Gasteiger partial charge in [0.1, 0.15) is 5.82 Å². The third-order valence-corrected chi connectivity index (χ3v) is 2.63. The first-order valence-corrected chi connectivity index (χ1v) is 5.70. The number of anilines is 1. The van der Waals surface area contributed by atoms with Gasteiger partial charge in [0, 0.05) is 12.7 Å².